The average Bonchev–Trinajstić information content (AvgIpc) is 3.09. The first kappa shape index (κ1) is 12.9. The highest BCUT2D eigenvalue weighted by atomic mass is 32.1. The Morgan fingerprint density at radius 3 is 2.32 bits per heavy atom. The summed E-state index contributed by atoms with van der Waals surface area (Å²) in [5, 5.41) is 22.8. The first-order chi connectivity index (χ1) is 10.7. The molecule has 0 fully saturated rings. The molecule has 0 aliphatic carbocycles. The highest BCUT2D eigenvalue weighted by molar-refractivity contribution is 7.19. The van der Waals surface area contributed by atoms with Gasteiger partial charge in [0, 0.05) is 11.1 Å². The van der Waals surface area contributed by atoms with E-state index in [0.29, 0.717) is 10.8 Å². The fourth-order valence-corrected chi connectivity index (χ4v) is 2.96. The molecule has 0 saturated carbocycles. The van der Waals surface area contributed by atoms with Gasteiger partial charge in [-0.1, -0.05) is 11.3 Å². The van der Waals surface area contributed by atoms with Gasteiger partial charge in [-0.2, -0.15) is 9.61 Å². The maximum Gasteiger partial charge on any atom is 0.235 e. The van der Waals surface area contributed by atoms with Crippen LogP contribution in [0.2, 0.25) is 0 Å². The normalized spacial score (nSPS) is 11.1. The van der Waals surface area contributed by atoms with Crippen LogP contribution in [0.1, 0.15) is 0 Å². The average molecular weight is 312 g/mol. The highest BCUT2D eigenvalue weighted by Gasteiger charge is 2.14. The summed E-state index contributed by atoms with van der Waals surface area (Å²) in [5.41, 5.74) is 1.63. The van der Waals surface area contributed by atoms with Crippen molar-refractivity contribution in [3.8, 4) is 27.7 Å². The van der Waals surface area contributed by atoms with Crippen LogP contribution in [0.25, 0.3) is 26.9 Å². The molecule has 4 aromatic rings. The third kappa shape index (κ3) is 2.11. The molecule has 0 saturated heterocycles. The third-order valence-electron chi connectivity index (χ3n) is 3.21. The monoisotopic (exact) mass is 312 g/mol. The minimum absolute atomic E-state index is 0.190. The van der Waals surface area contributed by atoms with Gasteiger partial charge in [-0.15, -0.1) is 10.2 Å². The number of aromatic nitrogens is 4. The molecule has 22 heavy (non-hydrogen) atoms. The number of halogens is 1. The molecule has 0 aliphatic rings. The van der Waals surface area contributed by atoms with Crippen molar-refractivity contribution in [2.24, 2.45) is 0 Å². The summed E-state index contributed by atoms with van der Waals surface area (Å²) in [6.07, 6.45) is 0. The van der Waals surface area contributed by atoms with Gasteiger partial charge in [0.25, 0.3) is 0 Å². The molecule has 108 valence electrons. The number of aromatic hydroxyl groups is 1. The smallest absolute Gasteiger partial charge is 0.235 e. The van der Waals surface area contributed by atoms with Crippen LogP contribution in [-0.2, 0) is 0 Å². The van der Waals surface area contributed by atoms with Gasteiger partial charge in [0.1, 0.15) is 16.6 Å². The lowest BCUT2D eigenvalue weighted by Crippen LogP contribution is -1.90. The summed E-state index contributed by atoms with van der Waals surface area (Å²) in [6.45, 7) is 0. The van der Waals surface area contributed by atoms with E-state index in [4.69, 9.17) is 0 Å². The lowest BCUT2D eigenvalue weighted by atomic mass is 10.2. The molecule has 2 aromatic heterocycles. The van der Waals surface area contributed by atoms with Gasteiger partial charge in [0.2, 0.25) is 4.96 Å². The molecule has 0 radical (unpaired) electrons. The molecular formula is C15H9FN4OS. The highest BCUT2D eigenvalue weighted by Crippen LogP contribution is 2.28. The first-order valence-corrected chi connectivity index (χ1v) is 7.30. The van der Waals surface area contributed by atoms with E-state index in [1.54, 1.807) is 40.9 Å². The zero-order valence-electron chi connectivity index (χ0n) is 11.1. The molecular weight excluding hydrogens is 303 g/mol. The minimum atomic E-state index is -0.281. The Bertz CT molecular complexity index is 944. The van der Waals surface area contributed by atoms with Gasteiger partial charge in [0.05, 0.1) is 0 Å². The zero-order chi connectivity index (χ0) is 15.1. The Kier molecular flexibility index (Phi) is 2.87. The second kappa shape index (κ2) is 4.88. The lowest BCUT2D eigenvalue weighted by Gasteiger charge is -1.97. The summed E-state index contributed by atoms with van der Waals surface area (Å²) in [7, 11) is 0. The van der Waals surface area contributed by atoms with Gasteiger partial charge in [-0.25, -0.2) is 4.39 Å². The fourth-order valence-electron chi connectivity index (χ4n) is 2.12. The summed E-state index contributed by atoms with van der Waals surface area (Å²) >= 11 is 1.38. The van der Waals surface area contributed by atoms with Crippen molar-refractivity contribution in [2.75, 3.05) is 0 Å². The summed E-state index contributed by atoms with van der Waals surface area (Å²) < 4.78 is 14.6. The Morgan fingerprint density at radius 2 is 1.59 bits per heavy atom. The maximum absolute atomic E-state index is 13.0. The van der Waals surface area contributed by atoms with E-state index in [1.807, 2.05) is 0 Å². The molecule has 0 amide bonds. The second-order valence-electron chi connectivity index (χ2n) is 4.68. The van der Waals surface area contributed by atoms with Crippen LogP contribution in [0, 0.1) is 5.82 Å². The van der Waals surface area contributed by atoms with E-state index in [9.17, 15) is 9.50 Å². The predicted octanol–water partition coefficient (Wildman–Crippen LogP) is 3.36. The molecule has 4 rings (SSSR count). The molecule has 7 heteroatoms. The second-order valence-corrected chi connectivity index (χ2v) is 5.63. The van der Waals surface area contributed by atoms with Gasteiger partial charge >= 0.3 is 0 Å². The number of nitrogens with zero attached hydrogens (tertiary/aromatic N) is 4. The van der Waals surface area contributed by atoms with Crippen LogP contribution >= 0.6 is 11.3 Å². The van der Waals surface area contributed by atoms with Crippen molar-refractivity contribution in [2.45, 2.75) is 0 Å². The number of rotatable bonds is 2. The topological polar surface area (TPSA) is 63.3 Å². The Morgan fingerprint density at radius 1 is 0.909 bits per heavy atom. The van der Waals surface area contributed by atoms with Gasteiger partial charge in [-0.05, 0) is 48.5 Å². The Labute approximate surface area is 128 Å². The molecule has 0 bridgehead atoms. The van der Waals surface area contributed by atoms with Crippen molar-refractivity contribution in [3.63, 3.8) is 0 Å². The predicted molar refractivity (Wildman–Crippen MR) is 81.2 cm³/mol. The molecule has 0 aliphatic heterocycles. The summed E-state index contributed by atoms with van der Waals surface area (Å²) in [6, 6.07) is 12.8. The van der Waals surface area contributed by atoms with E-state index in [-0.39, 0.29) is 11.6 Å². The number of benzene rings is 2. The first-order valence-electron chi connectivity index (χ1n) is 6.48. The van der Waals surface area contributed by atoms with E-state index in [2.05, 4.69) is 15.3 Å². The molecule has 0 spiro atoms. The van der Waals surface area contributed by atoms with E-state index < -0.39 is 0 Å². The Balaban J connectivity index is 1.82. The fraction of sp³-hybridized carbons (Fsp3) is 0. The van der Waals surface area contributed by atoms with Gasteiger partial charge < -0.3 is 5.11 Å². The van der Waals surface area contributed by atoms with Crippen molar-refractivity contribution in [3.05, 3.63) is 54.3 Å². The van der Waals surface area contributed by atoms with Crippen LogP contribution in [0.15, 0.2) is 48.5 Å². The molecule has 0 unspecified atom stereocenters. The van der Waals surface area contributed by atoms with Crippen molar-refractivity contribution < 1.29 is 9.50 Å². The standard InChI is InChI=1S/C15H9FN4OS/c16-11-5-1-10(2-6-11)14-19-20-13(17-18-15(20)22-14)9-3-7-12(21)8-4-9/h1-8,21H. The number of hydrogen-bond donors (Lipinski definition) is 1. The SMILES string of the molecule is Oc1ccc(-c2nnc3sc(-c4ccc(F)cc4)nn23)cc1. The summed E-state index contributed by atoms with van der Waals surface area (Å²) in [5.74, 6) is 0.505. The van der Waals surface area contributed by atoms with Crippen LogP contribution < -0.4 is 0 Å². The van der Waals surface area contributed by atoms with E-state index in [1.165, 1.54) is 23.5 Å². The Hall–Kier alpha value is -2.80. The summed E-state index contributed by atoms with van der Waals surface area (Å²) in [4.78, 5) is 0.655. The third-order valence-corrected chi connectivity index (χ3v) is 4.16. The molecule has 2 heterocycles. The molecule has 1 N–H and O–H groups in total. The van der Waals surface area contributed by atoms with Gasteiger partial charge in [0.15, 0.2) is 5.82 Å². The van der Waals surface area contributed by atoms with Crippen LogP contribution in [-0.4, -0.2) is 24.9 Å². The van der Waals surface area contributed by atoms with Crippen molar-refractivity contribution in [1.29, 1.82) is 0 Å². The quantitative estimate of drug-likeness (QED) is 0.616. The van der Waals surface area contributed by atoms with Crippen LogP contribution in [0.5, 0.6) is 5.75 Å². The number of hydrogen-bond acceptors (Lipinski definition) is 5. The zero-order valence-corrected chi connectivity index (χ0v) is 12.0. The number of phenolic OH excluding ortho intramolecular Hbond substituents is 1. The van der Waals surface area contributed by atoms with Crippen molar-refractivity contribution >= 4 is 16.3 Å². The number of phenols is 1. The number of fused-ring (bicyclic) bond motifs is 1. The van der Waals surface area contributed by atoms with E-state index >= 15 is 0 Å². The van der Waals surface area contributed by atoms with Crippen LogP contribution in [0.4, 0.5) is 4.39 Å². The van der Waals surface area contributed by atoms with E-state index in [0.717, 1.165) is 16.1 Å². The largest absolute Gasteiger partial charge is 0.508 e. The maximum atomic E-state index is 13.0. The van der Waals surface area contributed by atoms with Crippen molar-refractivity contribution in [1.82, 2.24) is 19.8 Å². The lowest BCUT2D eigenvalue weighted by molar-refractivity contribution is 0.475. The van der Waals surface area contributed by atoms with Crippen LogP contribution in [0.3, 0.4) is 0 Å². The van der Waals surface area contributed by atoms with Gasteiger partial charge in [-0.3, -0.25) is 0 Å². The molecule has 0 atom stereocenters. The molecule has 5 nitrogen and oxygen atoms in total. The molecule has 2 aromatic carbocycles. The minimum Gasteiger partial charge on any atom is -0.508 e.